The van der Waals surface area contributed by atoms with E-state index in [1.165, 1.54) is 17.6 Å². The van der Waals surface area contributed by atoms with Gasteiger partial charge in [0.05, 0.1) is 6.26 Å². The van der Waals surface area contributed by atoms with Gasteiger partial charge in [-0.3, -0.25) is 4.79 Å². The van der Waals surface area contributed by atoms with Crippen LogP contribution in [0.2, 0.25) is 0 Å². The molecule has 0 aliphatic rings. The first-order valence-electron chi connectivity index (χ1n) is 10.5. The quantitative estimate of drug-likeness (QED) is 0.240. The summed E-state index contributed by atoms with van der Waals surface area (Å²) >= 11 is 4.85. The summed E-state index contributed by atoms with van der Waals surface area (Å²) in [4.78, 5) is 17.5. The third-order valence-corrected chi connectivity index (χ3v) is 6.62. The molecule has 2 aromatic heterocycles. The zero-order valence-corrected chi connectivity index (χ0v) is 20.5. The zero-order valence-electron chi connectivity index (χ0n) is 18.1. The predicted molar refractivity (Wildman–Crippen MR) is 139 cm³/mol. The fourth-order valence-electron chi connectivity index (χ4n) is 3.31. The van der Waals surface area contributed by atoms with Gasteiger partial charge in [0.2, 0.25) is 0 Å². The first kappa shape index (κ1) is 22.1. The van der Waals surface area contributed by atoms with Gasteiger partial charge in [0.1, 0.15) is 27.2 Å². The van der Waals surface area contributed by atoms with E-state index in [0.717, 1.165) is 43.4 Å². The lowest BCUT2D eigenvalue weighted by atomic mass is 10.1. The molecule has 5 nitrogen and oxygen atoms in total. The Balaban J connectivity index is 1.44. The second-order valence-electron chi connectivity index (χ2n) is 7.57. The number of carbonyl (C=O) groups excluding carboxylic acids is 1. The largest absolute Gasteiger partial charge is 0.459 e. The van der Waals surface area contributed by atoms with Crippen molar-refractivity contribution in [1.82, 2.24) is 4.98 Å². The number of benzene rings is 3. The molecule has 0 radical (unpaired) electrons. The maximum atomic E-state index is 12.7. The van der Waals surface area contributed by atoms with Crippen molar-refractivity contribution in [2.45, 2.75) is 6.92 Å². The van der Waals surface area contributed by atoms with Crippen molar-refractivity contribution < 1.29 is 13.9 Å². The van der Waals surface area contributed by atoms with E-state index in [4.69, 9.17) is 14.1 Å². The van der Waals surface area contributed by atoms with Crippen LogP contribution in [0.3, 0.4) is 0 Å². The van der Waals surface area contributed by atoms with Crippen LogP contribution in [0.1, 0.15) is 16.1 Å². The number of anilines is 1. The summed E-state index contributed by atoms with van der Waals surface area (Å²) in [6, 6.07) is 26.8. The number of amides is 1. The van der Waals surface area contributed by atoms with Crippen molar-refractivity contribution in [2.75, 3.05) is 5.32 Å². The Morgan fingerprint density at radius 2 is 1.56 bits per heavy atom. The van der Waals surface area contributed by atoms with Crippen molar-refractivity contribution in [3.8, 4) is 33.3 Å². The fourth-order valence-corrected chi connectivity index (χ4v) is 4.56. The smallest absolute Gasteiger partial charge is 0.292 e. The lowest BCUT2D eigenvalue weighted by Gasteiger charge is -2.06. The highest BCUT2D eigenvalue weighted by Gasteiger charge is 2.18. The van der Waals surface area contributed by atoms with Crippen molar-refractivity contribution in [1.29, 1.82) is 0 Å². The molecule has 1 N–H and O–H groups in total. The number of rotatable bonds is 6. The number of furan rings is 1. The molecular weight excluding hydrogens is 512 g/mol. The number of hydrogen-bond donors (Lipinski definition) is 1. The van der Waals surface area contributed by atoms with E-state index in [1.807, 2.05) is 79.7 Å². The van der Waals surface area contributed by atoms with E-state index >= 15 is 0 Å². The minimum absolute atomic E-state index is 0.249. The average Bonchev–Trinajstić information content (AvgIpc) is 3.53. The SMILES string of the molecule is Cc1ccc(-c2nc(-c3ccc(Oc4ccc(Br)cc4)cc3)sc2NC(=O)c2ccco2)cc1. The molecule has 5 rings (SSSR count). The number of thiazole rings is 1. The van der Waals surface area contributed by atoms with E-state index in [2.05, 4.69) is 21.2 Å². The molecule has 0 atom stereocenters. The van der Waals surface area contributed by atoms with Crippen LogP contribution < -0.4 is 10.1 Å². The van der Waals surface area contributed by atoms with E-state index in [-0.39, 0.29) is 11.7 Å². The van der Waals surface area contributed by atoms with E-state index < -0.39 is 0 Å². The molecule has 0 fully saturated rings. The Morgan fingerprint density at radius 1 is 0.912 bits per heavy atom. The molecule has 0 bridgehead atoms. The molecule has 3 aromatic carbocycles. The molecule has 0 aliphatic carbocycles. The van der Waals surface area contributed by atoms with Gasteiger partial charge in [-0.15, -0.1) is 0 Å². The third kappa shape index (κ3) is 4.95. The number of aryl methyl sites for hydroxylation is 1. The van der Waals surface area contributed by atoms with Crippen LogP contribution in [0.4, 0.5) is 5.00 Å². The monoisotopic (exact) mass is 530 g/mol. The molecule has 5 aromatic rings. The van der Waals surface area contributed by atoms with Crippen LogP contribution in [-0.2, 0) is 0 Å². The van der Waals surface area contributed by atoms with Gasteiger partial charge in [0, 0.05) is 15.6 Å². The van der Waals surface area contributed by atoms with Crippen LogP contribution in [-0.4, -0.2) is 10.9 Å². The maximum absolute atomic E-state index is 12.7. The first-order chi connectivity index (χ1) is 16.5. The van der Waals surface area contributed by atoms with Crippen molar-refractivity contribution in [3.05, 3.63) is 107 Å². The number of nitrogens with zero attached hydrogens (tertiary/aromatic N) is 1. The summed E-state index contributed by atoms with van der Waals surface area (Å²) in [7, 11) is 0. The summed E-state index contributed by atoms with van der Waals surface area (Å²) in [6.07, 6.45) is 1.48. The minimum Gasteiger partial charge on any atom is -0.459 e. The Kier molecular flexibility index (Phi) is 6.29. The van der Waals surface area contributed by atoms with Gasteiger partial charge >= 0.3 is 0 Å². The Bertz CT molecular complexity index is 1410. The van der Waals surface area contributed by atoms with E-state index in [0.29, 0.717) is 5.00 Å². The number of nitrogens with one attached hydrogen (secondary N) is 1. The number of halogens is 1. The van der Waals surface area contributed by atoms with Crippen molar-refractivity contribution in [2.24, 2.45) is 0 Å². The van der Waals surface area contributed by atoms with E-state index in [9.17, 15) is 4.79 Å². The van der Waals surface area contributed by atoms with E-state index in [1.54, 1.807) is 12.1 Å². The first-order valence-corrected chi connectivity index (χ1v) is 12.1. The number of ether oxygens (including phenoxy) is 1. The minimum atomic E-state index is -0.313. The molecule has 7 heteroatoms. The maximum Gasteiger partial charge on any atom is 0.292 e. The van der Waals surface area contributed by atoms with Gasteiger partial charge in [0.15, 0.2) is 5.76 Å². The number of hydrogen-bond acceptors (Lipinski definition) is 5. The van der Waals surface area contributed by atoms with Crippen LogP contribution in [0.15, 0.2) is 100 Å². The molecule has 0 unspecified atom stereocenters. The standard InChI is InChI=1S/C27H19BrN2O3S/c1-17-4-6-18(7-5-17)24-27(30-25(31)23-3-2-16-32-23)34-26(29-24)19-8-12-21(13-9-19)33-22-14-10-20(28)11-15-22/h2-16H,1H3,(H,30,31). The highest BCUT2D eigenvalue weighted by atomic mass is 79.9. The summed E-state index contributed by atoms with van der Waals surface area (Å²) in [5, 5.41) is 4.41. The molecule has 0 spiro atoms. The highest BCUT2D eigenvalue weighted by Crippen LogP contribution is 2.39. The van der Waals surface area contributed by atoms with Crippen LogP contribution in [0.5, 0.6) is 11.5 Å². The fraction of sp³-hybridized carbons (Fsp3) is 0.0370. The lowest BCUT2D eigenvalue weighted by molar-refractivity contribution is 0.0997. The summed E-state index contributed by atoms with van der Waals surface area (Å²) in [6.45, 7) is 2.04. The molecule has 0 saturated heterocycles. The molecular formula is C27H19BrN2O3S. The van der Waals surface area contributed by atoms with Crippen molar-refractivity contribution in [3.63, 3.8) is 0 Å². The van der Waals surface area contributed by atoms with Crippen LogP contribution in [0, 0.1) is 6.92 Å². The van der Waals surface area contributed by atoms with Gasteiger partial charge in [0.25, 0.3) is 5.91 Å². The Labute approximate surface area is 209 Å². The molecule has 34 heavy (non-hydrogen) atoms. The molecule has 2 heterocycles. The lowest BCUT2D eigenvalue weighted by Crippen LogP contribution is -2.10. The zero-order chi connectivity index (χ0) is 23.5. The van der Waals surface area contributed by atoms with Gasteiger partial charge in [-0.25, -0.2) is 4.98 Å². The highest BCUT2D eigenvalue weighted by molar-refractivity contribution is 9.10. The van der Waals surface area contributed by atoms with Gasteiger partial charge < -0.3 is 14.5 Å². The second kappa shape index (κ2) is 9.67. The molecule has 0 saturated carbocycles. The van der Waals surface area contributed by atoms with Crippen LogP contribution in [0.25, 0.3) is 21.8 Å². The Morgan fingerprint density at radius 3 is 2.21 bits per heavy atom. The normalized spacial score (nSPS) is 10.8. The van der Waals surface area contributed by atoms with Gasteiger partial charge in [-0.1, -0.05) is 57.1 Å². The second-order valence-corrected chi connectivity index (χ2v) is 9.49. The van der Waals surface area contributed by atoms with Gasteiger partial charge in [-0.05, 0) is 67.6 Å². The summed E-state index contributed by atoms with van der Waals surface area (Å²) < 4.78 is 12.2. The topological polar surface area (TPSA) is 64.4 Å². The predicted octanol–water partition coefficient (Wildman–Crippen LogP) is 8.19. The average molecular weight is 531 g/mol. The Hall–Kier alpha value is -3.68. The number of aromatic nitrogens is 1. The molecule has 0 aliphatic heterocycles. The molecule has 168 valence electrons. The van der Waals surface area contributed by atoms with Crippen LogP contribution >= 0.6 is 27.3 Å². The summed E-state index contributed by atoms with van der Waals surface area (Å²) in [5.74, 6) is 1.42. The summed E-state index contributed by atoms with van der Waals surface area (Å²) in [5.41, 5.74) is 3.73. The van der Waals surface area contributed by atoms with Crippen molar-refractivity contribution >= 4 is 38.2 Å². The third-order valence-electron chi connectivity index (χ3n) is 5.07. The number of carbonyl (C=O) groups is 1. The molecule has 1 amide bonds. The van der Waals surface area contributed by atoms with Gasteiger partial charge in [-0.2, -0.15) is 0 Å².